The molecular formula is C16H17NS2. The minimum atomic E-state index is 0.823. The quantitative estimate of drug-likeness (QED) is 0.794. The molecular weight excluding hydrogens is 270 g/mol. The Morgan fingerprint density at radius 2 is 1.63 bits per heavy atom. The lowest BCUT2D eigenvalue weighted by molar-refractivity contribution is 0.162. The maximum atomic E-state index is 2.62. The van der Waals surface area contributed by atoms with Gasteiger partial charge in [-0.2, -0.15) is 0 Å². The zero-order chi connectivity index (χ0) is 12.7. The van der Waals surface area contributed by atoms with E-state index in [9.17, 15) is 0 Å². The molecule has 19 heavy (non-hydrogen) atoms. The first kappa shape index (κ1) is 11.9. The average Bonchev–Trinajstić information content (AvgIpc) is 3.14. The highest BCUT2D eigenvalue weighted by atomic mass is 32.1. The predicted octanol–water partition coefficient (Wildman–Crippen LogP) is 4.34. The molecule has 0 spiro atoms. The summed E-state index contributed by atoms with van der Waals surface area (Å²) in [6, 6.07) is 8.92. The molecule has 3 heteroatoms. The Hall–Kier alpha value is -0.900. The Morgan fingerprint density at radius 1 is 1.00 bits per heavy atom. The zero-order valence-electron chi connectivity index (χ0n) is 10.8. The smallest absolute Gasteiger partial charge is 0.0357 e. The number of rotatable bonds is 2. The lowest BCUT2D eigenvalue weighted by atomic mass is 9.80. The van der Waals surface area contributed by atoms with Crippen LogP contribution in [-0.4, -0.2) is 24.5 Å². The molecule has 2 aromatic heterocycles. The molecule has 0 aromatic carbocycles. The van der Waals surface area contributed by atoms with Crippen molar-refractivity contribution in [1.82, 2.24) is 4.90 Å². The largest absolute Gasteiger partial charge is 0.299 e. The lowest BCUT2D eigenvalue weighted by Gasteiger charge is -2.42. The number of hydrogen-bond acceptors (Lipinski definition) is 3. The van der Waals surface area contributed by atoms with Crippen LogP contribution in [0.15, 0.2) is 40.6 Å². The Bertz CT molecular complexity index is 536. The van der Waals surface area contributed by atoms with Gasteiger partial charge in [-0.25, -0.2) is 0 Å². The van der Waals surface area contributed by atoms with Crippen molar-refractivity contribution in [1.29, 1.82) is 0 Å². The minimum Gasteiger partial charge on any atom is -0.299 e. The molecule has 3 aliphatic heterocycles. The van der Waals surface area contributed by atoms with Crippen molar-refractivity contribution in [2.45, 2.75) is 12.8 Å². The number of nitrogens with zero attached hydrogens (tertiary/aromatic N) is 1. The van der Waals surface area contributed by atoms with E-state index >= 15 is 0 Å². The van der Waals surface area contributed by atoms with Crippen LogP contribution in [0.5, 0.6) is 0 Å². The molecule has 3 aliphatic rings. The second-order valence-corrected chi connectivity index (χ2v) is 7.30. The van der Waals surface area contributed by atoms with Gasteiger partial charge in [-0.3, -0.25) is 4.90 Å². The molecule has 98 valence electrons. The summed E-state index contributed by atoms with van der Waals surface area (Å²) in [5.41, 5.74) is 3.24. The lowest BCUT2D eigenvalue weighted by Crippen LogP contribution is -2.43. The fourth-order valence-corrected chi connectivity index (χ4v) is 5.08. The van der Waals surface area contributed by atoms with E-state index in [2.05, 4.69) is 39.9 Å². The highest BCUT2D eigenvalue weighted by Gasteiger charge is 2.32. The number of piperidine rings is 3. The topological polar surface area (TPSA) is 3.24 Å². The second kappa shape index (κ2) is 4.89. The summed E-state index contributed by atoms with van der Waals surface area (Å²) in [5.74, 6) is 0.823. The van der Waals surface area contributed by atoms with Gasteiger partial charge in [0, 0.05) is 21.9 Å². The molecule has 3 fully saturated rings. The van der Waals surface area contributed by atoms with Crippen LogP contribution in [0.4, 0.5) is 0 Å². The van der Waals surface area contributed by atoms with Gasteiger partial charge in [0.15, 0.2) is 0 Å². The van der Waals surface area contributed by atoms with Crippen molar-refractivity contribution in [2.24, 2.45) is 5.92 Å². The average molecular weight is 287 g/mol. The standard InChI is InChI=1S/C16H17NS2/c1-3-14(18-9-1)16(15-4-2-10-19-15)13-11-17-7-5-12(13)6-8-17/h1-4,9-10,12H,5-8,11H2. The Kier molecular flexibility index (Phi) is 3.06. The van der Waals surface area contributed by atoms with Gasteiger partial charge >= 0.3 is 0 Å². The van der Waals surface area contributed by atoms with Gasteiger partial charge in [0.2, 0.25) is 0 Å². The number of thiophene rings is 2. The van der Waals surface area contributed by atoms with Crippen LogP contribution >= 0.6 is 22.7 Å². The zero-order valence-corrected chi connectivity index (χ0v) is 12.5. The SMILES string of the molecule is c1csc(C(=C2CN3CCC2CC3)c2cccs2)c1. The Morgan fingerprint density at radius 3 is 2.05 bits per heavy atom. The summed E-state index contributed by atoms with van der Waals surface area (Å²) in [4.78, 5) is 5.52. The summed E-state index contributed by atoms with van der Waals surface area (Å²) < 4.78 is 0. The summed E-state index contributed by atoms with van der Waals surface area (Å²) in [6.45, 7) is 3.79. The second-order valence-electron chi connectivity index (χ2n) is 5.41. The van der Waals surface area contributed by atoms with Crippen molar-refractivity contribution in [3.63, 3.8) is 0 Å². The molecule has 3 saturated heterocycles. The molecule has 1 nitrogen and oxygen atoms in total. The molecule has 0 aliphatic carbocycles. The van der Waals surface area contributed by atoms with Crippen LogP contribution in [0.1, 0.15) is 22.6 Å². The van der Waals surface area contributed by atoms with E-state index in [0.717, 1.165) is 5.92 Å². The maximum absolute atomic E-state index is 2.62. The monoisotopic (exact) mass is 287 g/mol. The summed E-state index contributed by atoms with van der Waals surface area (Å²) in [7, 11) is 0. The van der Waals surface area contributed by atoms with Gasteiger partial charge in [0.05, 0.1) is 0 Å². The fourth-order valence-electron chi connectivity index (χ4n) is 3.37. The molecule has 0 amide bonds. The van der Waals surface area contributed by atoms with Gasteiger partial charge in [0.25, 0.3) is 0 Å². The molecule has 5 heterocycles. The van der Waals surface area contributed by atoms with E-state index in [4.69, 9.17) is 0 Å². The molecule has 0 unspecified atom stereocenters. The Labute approximate surface area is 122 Å². The molecule has 5 rings (SSSR count). The molecule has 0 saturated carbocycles. The van der Waals surface area contributed by atoms with Gasteiger partial charge in [-0.1, -0.05) is 12.1 Å². The van der Waals surface area contributed by atoms with Crippen LogP contribution in [0.2, 0.25) is 0 Å². The molecule has 0 radical (unpaired) electrons. The third kappa shape index (κ3) is 2.10. The molecule has 2 aromatic rings. The first-order chi connectivity index (χ1) is 9.42. The van der Waals surface area contributed by atoms with E-state index < -0.39 is 0 Å². The van der Waals surface area contributed by atoms with E-state index in [1.165, 1.54) is 42.2 Å². The first-order valence-corrected chi connectivity index (χ1v) is 8.71. The highest BCUT2D eigenvalue weighted by molar-refractivity contribution is 7.13. The van der Waals surface area contributed by atoms with Crippen LogP contribution in [0.3, 0.4) is 0 Å². The van der Waals surface area contributed by atoms with Crippen molar-refractivity contribution in [3.05, 3.63) is 50.4 Å². The van der Waals surface area contributed by atoms with Crippen LogP contribution in [0.25, 0.3) is 5.57 Å². The van der Waals surface area contributed by atoms with Gasteiger partial charge in [-0.15, -0.1) is 22.7 Å². The van der Waals surface area contributed by atoms with E-state index in [0.29, 0.717) is 0 Å². The summed E-state index contributed by atoms with van der Waals surface area (Å²) >= 11 is 3.76. The van der Waals surface area contributed by atoms with Crippen LogP contribution in [-0.2, 0) is 0 Å². The number of fused-ring (bicyclic) bond motifs is 3. The number of hydrogen-bond donors (Lipinski definition) is 0. The van der Waals surface area contributed by atoms with E-state index in [-0.39, 0.29) is 0 Å². The van der Waals surface area contributed by atoms with Gasteiger partial charge in [0.1, 0.15) is 0 Å². The summed E-state index contributed by atoms with van der Waals surface area (Å²) in [6.07, 6.45) is 2.71. The van der Waals surface area contributed by atoms with Gasteiger partial charge in [-0.05, 0) is 60.3 Å². The predicted molar refractivity (Wildman–Crippen MR) is 83.8 cm³/mol. The van der Waals surface area contributed by atoms with Gasteiger partial charge < -0.3 is 0 Å². The minimum absolute atomic E-state index is 0.823. The van der Waals surface area contributed by atoms with E-state index in [1.807, 2.05) is 22.7 Å². The third-order valence-corrected chi connectivity index (χ3v) is 6.11. The molecule has 2 bridgehead atoms. The highest BCUT2D eigenvalue weighted by Crippen LogP contribution is 2.41. The Balaban J connectivity index is 1.87. The molecule has 0 N–H and O–H groups in total. The fraction of sp³-hybridized carbons (Fsp3) is 0.375. The van der Waals surface area contributed by atoms with Crippen molar-refractivity contribution in [2.75, 3.05) is 19.6 Å². The normalized spacial score (nSPS) is 25.8. The third-order valence-electron chi connectivity index (χ3n) is 4.33. The van der Waals surface area contributed by atoms with Crippen LogP contribution in [0, 0.1) is 5.92 Å². The summed E-state index contributed by atoms with van der Waals surface area (Å²) in [5, 5.41) is 4.40. The van der Waals surface area contributed by atoms with Crippen LogP contribution < -0.4 is 0 Å². The van der Waals surface area contributed by atoms with Crippen molar-refractivity contribution in [3.8, 4) is 0 Å². The molecule has 0 atom stereocenters. The van der Waals surface area contributed by atoms with Crippen molar-refractivity contribution < 1.29 is 0 Å². The first-order valence-electron chi connectivity index (χ1n) is 6.95. The van der Waals surface area contributed by atoms with Crippen molar-refractivity contribution >= 4 is 28.2 Å². The van der Waals surface area contributed by atoms with E-state index in [1.54, 1.807) is 11.1 Å². The maximum Gasteiger partial charge on any atom is 0.0357 e.